The zero-order chi connectivity index (χ0) is 41.8. The van der Waals surface area contributed by atoms with Crippen LogP contribution in [0.15, 0.2) is 201 Å². The molecule has 5 aromatic carbocycles. The average Bonchev–Trinajstić information content (AvgIpc) is 4.09. The molecule has 0 bridgehead atoms. The predicted octanol–water partition coefficient (Wildman–Crippen LogP) is 9.84. The molecule has 0 amide bonds. The van der Waals surface area contributed by atoms with Crippen molar-refractivity contribution in [1.29, 1.82) is 0 Å². The van der Waals surface area contributed by atoms with Crippen LogP contribution in [0.1, 0.15) is 61.3 Å². The molecule has 13 rings (SSSR count). The third-order valence-corrected chi connectivity index (χ3v) is 13.8. The fourth-order valence-corrected chi connectivity index (χ4v) is 11.4. The average molecular weight is 1000 g/mol. The number of aryl methyl sites for hydroxylation is 1. The molecular weight excluding hydrogens is 964 g/mol. The fraction of sp³-hybridized carbons (Fsp3) is 0.0702. The fourth-order valence-electron chi connectivity index (χ4n) is 11.4. The van der Waals surface area contributed by atoms with Crippen molar-refractivity contribution >= 4 is 0 Å². The van der Waals surface area contributed by atoms with Crippen molar-refractivity contribution in [3.05, 3.63) is 281 Å². The van der Waals surface area contributed by atoms with E-state index in [4.69, 9.17) is 19.9 Å². The maximum absolute atomic E-state index is 5.14. The first-order valence-corrected chi connectivity index (χ1v) is 21.2. The number of aromatic nitrogens is 6. The molecule has 10 aromatic rings. The van der Waals surface area contributed by atoms with Gasteiger partial charge in [-0.05, 0) is 98.4 Å². The molecule has 0 saturated carbocycles. The van der Waals surface area contributed by atoms with Gasteiger partial charge in [0.05, 0.1) is 18.2 Å². The number of imidazole rings is 1. The van der Waals surface area contributed by atoms with Crippen molar-refractivity contribution in [3.8, 4) is 33.4 Å². The van der Waals surface area contributed by atoms with Crippen LogP contribution in [0.2, 0.25) is 0 Å². The molecule has 64 heavy (non-hydrogen) atoms. The Morgan fingerprint density at radius 1 is 0.438 bits per heavy atom. The van der Waals surface area contributed by atoms with E-state index in [2.05, 4.69) is 175 Å². The number of hydrogen-bond acceptors (Lipinski definition) is 4. The van der Waals surface area contributed by atoms with Crippen molar-refractivity contribution in [2.75, 3.05) is 0 Å². The first-order valence-electron chi connectivity index (χ1n) is 21.2. The predicted molar refractivity (Wildman–Crippen MR) is 242 cm³/mol. The van der Waals surface area contributed by atoms with Gasteiger partial charge in [0.25, 0.3) is 0 Å². The molecule has 3 aliphatic rings. The third-order valence-electron chi connectivity index (χ3n) is 13.8. The van der Waals surface area contributed by atoms with E-state index >= 15 is 0 Å². The van der Waals surface area contributed by atoms with Crippen molar-refractivity contribution in [2.24, 2.45) is 7.05 Å². The molecule has 0 saturated heterocycles. The quantitative estimate of drug-likeness (QED) is 0.123. The summed E-state index contributed by atoms with van der Waals surface area (Å²) in [6, 6.07) is 60.5. The molecule has 306 valence electrons. The van der Waals surface area contributed by atoms with E-state index in [0.717, 1.165) is 83.6 Å². The smallest absolute Gasteiger partial charge is 0.204 e. The molecule has 5 heterocycles. The maximum Gasteiger partial charge on any atom is 0.204 e. The first kappa shape index (κ1) is 38.3. The molecule has 0 N–H and O–H groups in total. The van der Waals surface area contributed by atoms with E-state index in [1.807, 2.05) is 61.1 Å². The van der Waals surface area contributed by atoms with Crippen LogP contribution in [0.4, 0.5) is 0 Å². The van der Waals surface area contributed by atoms with Gasteiger partial charge in [0, 0.05) is 81.0 Å². The van der Waals surface area contributed by atoms with E-state index in [0.29, 0.717) is 0 Å². The van der Waals surface area contributed by atoms with Gasteiger partial charge in [-0.1, -0.05) is 78.9 Å². The van der Waals surface area contributed by atoms with Gasteiger partial charge < -0.3 is 9.13 Å². The Morgan fingerprint density at radius 3 is 1.50 bits per heavy atom. The second-order valence-electron chi connectivity index (χ2n) is 16.7. The summed E-state index contributed by atoms with van der Waals surface area (Å²) in [5, 5.41) is 0. The van der Waals surface area contributed by atoms with Crippen LogP contribution >= 0.6 is 0 Å². The first-order chi connectivity index (χ1) is 31.2. The number of nitrogens with zero attached hydrogens (tertiary/aromatic N) is 6. The molecule has 0 fully saturated rings. The minimum atomic E-state index is -0.879. The summed E-state index contributed by atoms with van der Waals surface area (Å²) < 4.78 is 4.18. The summed E-state index contributed by atoms with van der Waals surface area (Å²) in [5.74, 6) is 0. The van der Waals surface area contributed by atoms with Gasteiger partial charge in [0.1, 0.15) is 5.54 Å². The molecule has 3 unspecified atom stereocenters. The molecule has 5 aromatic heterocycles. The summed E-state index contributed by atoms with van der Waals surface area (Å²) >= 11 is 0. The SMILES string of the molecule is C[n+]1[c-]n(C2(c3[c-]c(C4(c5[c-]c(C6(c7ccccn7)c7ccccc7-c7ccncc76)ccc5)c5ccccc5-c5ccncc54)ccc3)c3ccccc3-c3ccncc32)cc1.[Pt]. The molecular formula is C57H36N6Pt-2. The second kappa shape index (κ2) is 14.3. The Bertz CT molecular complexity index is 3330. The summed E-state index contributed by atoms with van der Waals surface area (Å²) in [6.07, 6.45) is 21.4. The number of fused-ring (bicyclic) bond motifs is 9. The van der Waals surface area contributed by atoms with E-state index in [1.165, 1.54) is 11.1 Å². The van der Waals surface area contributed by atoms with Crippen LogP contribution in [0.3, 0.4) is 0 Å². The standard InChI is InChI=1S/C57H36N6.Pt/c1-62-30-31-63(37-62)57(50-21-7-4-18-44(50)47-25-29-60-36-53(47)57)41-15-11-13-39(33-41)55(48-19-5-2-16-42(48)45-23-27-58-34-51(45)55)38-12-10-14-40(32-38)56(54-22-8-9-26-61-54)49-20-6-3-17-43(49)46-24-28-59-35-52(46)56;/h2-31,34-36H,1H3;/q-2;. The van der Waals surface area contributed by atoms with E-state index in [-0.39, 0.29) is 21.1 Å². The van der Waals surface area contributed by atoms with Gasteiger partial charge in [-0.15, -0.1) is 22.3 Å². The Balaban J connectivity index is 0.00000433. The molecule has 0 aliphatic heterocycles. The molecule has 3 atom stereocenters. The van der Waals surface area contributed by atoms with Gasteiger partial charge in [0.15, 0.2) is 0 Å². The van der Waals surface area contributed by atoms with Crippen LogP contribution in [0.25, 0.3) is 33.4 Å². The van der Waals surface area contributed by atoms with E-state index < -0.39 is 16.4 Å². The molecule has 6 nitrogen and oxygen atoms in total. The Hall–Kier alpha value is -7.40. The van der Waals surface area contributed by atoms with Crippen LogP contribution in [-0.2, 0) is 44.5 Å². The summed E-state index contributed by atoms with van der Waals surface area (Å²) in [6.45, 7) is 0. The van der Waals surface area contributed by atoms with E-state index in [9.17, 15) is 0 Å². The number of rotatable bonds is 6. The van der Waals surface area contributed by atoms with Crippen molar-refractivity contribution < 1.29 is 25.6 Å². The van der Waals surface area contributed by atoms with Gasteiger partial charge in [-0.3, -0.25) is 19.9 Å². The van der Waals surface area contributed by atoms with Crippen LogP contribution in [0.5, 0.6) is 0 Å². The number of benzene rings is 5. The van der Waals surface area contributed by atoms with Crippen molar-refractivity contribution in [2.45, 2.75) is 16.4 Å². The maximum atomic E-state index is 5.14. The summed E-state index contributed by atoms with van der Waals surface area (Å²) in [7, 11) is 2.02. The minimum absolute atomic E-state index is 0. The van der Waals surface area contributed by atoms with Crippen LogP contribution in [-0.4, -0.2) is 24.5 Å². The monoisotopic (exact) mass is 999 g/mol. The normalized spacial score (nSPS) is 19.4. The van der Waals surface area contributed by atoms with Crippen molar-refractivity contribution in [3.63, 3.8) is 0 Å². The Morgan fingerprint density at radius 2 is 0.906 bits per heavy atom. The summed E-state index contributed by atoms with van der Waals surface area (Å²) in [4.78, 5) is 19.5. The minimum Gasteiger partial charge on any atom is -0.354 e. The van der Waals surface area contributed by atoms with Gasteiger partial charge in [0.2, 0.25) is 6.33 Å². The third kappa shape index (κ3) is 4.86. The van der Waals surface area contributed by atoms with Gasteiger partial charge in [-0.25, -0.2) is 0 Å². The topological polar surface area (TPSA) is 60.4 Å². The summed E-state index contributed by atoms with van der Waals surface area (Å²) in [5.41, 5.74) is 16.0. The number of hydrogen-bond donors (Lipinski definition) is 0. The molecule has 7 heteroatoms. The Labute approximate surface area is 386 Å². The zero-order valence-electron chi connectivity index (χ0n) is 34.6. The Kier molecular flexibility index (Phi) is 8.56. The van der Waals surface area contributed by atoms with Crippen LogP contribution < -0.4 is 4.57 Å². The zero-order valence-corrected chi connectivity index (χ0v) is 36.8. The van der Waals surface area contributed by atoms with Crippen molar-refractivity contribution in [1.82, 2.24) is 24.5 Å². The number of pyridine rings is 4. The van der Waals surface area contributed by atoms with Gasteiger partial charge in [-0.2, -0.15) is 48.5 Å². The van der Waals surface area contributed by atoms with E-state index in [1.54, 1.807) is 0 Å². The molecule has 3 aliphatic carbocycles. The second-order valence-corrected chi connectivity index (χ2v) is 16.7. The van der Waals surface area contributed by atoms with Crippen LogP contribution in [0, 0.1) is 18.5 Å². The van der Waals surface area contributed by atoms with Gasteiger partial charge >= 0.3 is 0 Å². The largest absolute Gasteiger partial charge is 0.354 e. The molecule has 0 radical (unpaired) electrons. The molecule has 0 spiro atoms.